The number of carbonyl (C=O) groups excluding carboxylic acids is 2. The molecule has 0 aromatic carbocycles. The van der Waals surface area contributed by atoms with E-state index in [-0.39, 0.29) is 5.71 Å². The molecule has 0 aliphatic rings. The SMILES string of the molecule is CN=C(/C=C\NC(=O)OC(C)(C)C)C(=O)OC(C)(C)C. The van der Waals surface area contributed by atoms with Crippen molar-refractivity contribution in [1.82, 2.24) is 5.32 Å². The number of nitrogens with one attached hydrogen (secondary N) is 1. The molecule has 0 saturated heterocycles. The summed E-state index contributed by atoms with van der Waals surface area (Å²) in [6.45, 7) is 10.6. The van der Waals surface area contributed by atoms with Gasteiger partial charge in [-0.2, -0.15) is 0 Å². The van der Waals surface area contributed by atoms with Gasteiger partial charge in [-0.3, -0.25) is 10.3 Å². The quantitative estimate of drug-likeness (QED) is 0.638. The second-order valence-corrected chi connectivity index (χ2v) is 6.09. The number of carbonyl (C=O) groups is 2. The van der Waals surface area contributed by atoms with E-state index in [0.717, 1.165) is 0 Å². The Morgan fingerprint density at radius 1 is 1.00 bits per heavy atom. The third-order valence-electron chi connectivity index (χ3n) is 1.69. The summed E-state index contributed by atoms with van der Waals surface area (Å²) in [6.07, 6.45) is 2.05. The highest BCUT2D eigenvalue weighted by Gasteiger charge is 2.19. The Hall–Kier alpha value is -1.85. The van der Waals surface area contributed by atoms with Gasteiger partial charge >= 0.3 is 12.1 Å². The number of hydrogen-bond donors (Lipinski definition) is 1. The van der Waals surface area contributed by atoms with Crippen LogP contribution in [-0.2, 0) is 14.3 Å². The van der Waals surface area contributed by atoms with Crippen LogP contribution in [0.4, 0.5) is 4.79 Å². The minimum absolute atomic E-state index is 0.107. The molecule has 0 bridgehead atoms. The van der Waals surface area contributed by atoms with Crippen LogP contribution in [-0.4, -0.2) is 36.0 Å². The molecular weight excluding hydrogens is 260 g/mol. The van der Waals surface area contributed by atoms with Crippen LogP contribution in [0.2, 0.25) is 0 Å². The molecule has 1 amide bonds. The van der Waals surface area contributed by atoms with Crippen LogP contribution >= 0.6 is 0 Å². The van der Waals surface area contributed by atoms with Crippen LogP contribution in [0.15, 0.2) is 17.3 Å². The monoisotopic (exact) mass is 284 g/mol. The van der Waals surface area contributed by atoms with Crippen molar-refractivity contribution >= 4 is 17.8 Å². The van der Waals surface area contributed by atoms with Crippen molar-refractivity contribution in [3.63, 3.8) is 0 Å². The Labute approximate surface area is 120 Å². The molecule has 0 aliphatic heterocycles. The molecule has 0 saturated carbocycles. The molecule has 114 valence electrons. The molecule has 0 heterocycles. The highest BCUT2D eigenvalue weighted by Crippen LogP contribution is 2.08. The number of esters is 1. The molecule has 6 heteroatoms. The fourth-order valence-corrected chi connectivity index (χ4v) is 1.06. The van der Waals surface area contributed by atoms with E-state index in [4.69, 9.17) is 9.47 Å². The van der Waals surface area contributed by atoms with Gasteiger partial charge in [-0.15, -0.1) is 0 Å². The first kappa shape index (κ1) is 18.1. The van der Waals surface area contributed by atoms with E-state index >= 15 is 0 Å². The van der Waals surface area contributed by atoms with E-state index < -0.39 is 23.3 Å². The fourth-order valence-electron chi connectivity index (χ4n) is 1.06. The molecule has 0 unspecified atom stereocenters. The van der Waals surface area contributed by atoms with Crippen molar-refractivity contribution in [1.29, 1.82) is 0 Å². The highest BCUT2D eigenvalue weighted by atomic mass is 16.6. The lowest BCUT2D eigenvalue weighted by Crippen LogP contribution is -2.30. The van der Waals surface area contributed by atoms with Crippen LogP contribution in [0.5, 0.6) is 0 Å². The third kappa shape index (κ3) is 9.13. The molecule has 0 fully saturated rings. The maximum atomic E-state index is 11.7. The van der Waals surface area contributed by atoms with E-state index in [1.165, 1.54) is 19.3 Å². The van der Waals surface area contributed by atoms with E-state index in [0.29, 0.717) is 0 Å². The summed E-state index contributed by atoms with van der Waals surface area (Å²) in [4.78, 5) is 26.9. The highest BCUT2D eigenvalue weighted by molar-refractivity contribution is 6.41. The zero-order chi connectivity index (χ0) is 16.0. The van der Waals surface area contributed by atoms with E-state index in [1.807, 2.05) is 0 Å². The summed E-state index contributed by atoms with van der Waals surface area (Å²) < 4.78 is 10.2. The summed E-state index contributed by atoms with van der Waals surface area (Å²) in [7, 11) is 1.47. The maximum Gasteiger partial charge on any atom is 0.411 e. The number of nitrogens with zero attached hydrogens (tertiary/aromatic N) is 1. The van der Waals surface area contributed by atoms with Crippen molar-refractivity contribution in [2.75, 3.05) is 7.05 Å². The van der Waals surface area contributed by atoms with Crippen molar-refractivity contribution in [2.24, 2.45) is 4.99 Å². The zero-order valence-electron chi connectivity index (χ0n) is 13.2. The number of alkyl carbamates (subject to hydrolysis) is 1. The molecule has 0 rings (SSSR count). The van der Waals surface area contributed by atoms with Crippen molar-refractivity contribution in [3.05, 3.63) is 12.3 Å². The molecule has 6 nitrogen and oxygen atoms in total. The zero-order valence-corrected chi connectivity index (χ0v) is 13.2. The van der Waals surface area contributed by atoms with Gasteiger partial charge in [0.1, 0.15) is 16.9 Å². The molecule has 0 aromatic rings. The van der Waals surface area contributed by atoms with Gasteiger partial charge < -0.3 is 9.47 Å². The smallest absolute Gasteiger partial charge is 0.411 e. The summed E-state index contributed by atoms with van der Waals surface area (Å²) in [6, 6.07) is 0. The molecule has 0 radical (unpaired) electrons. The Balaban J connectivity index is 4.49. The lowest BCUT2D eigenvalue weighted by atomic mass is 10.2. The first-order chi connectivity index (χ1) is 8.94. The minimum atomic E-state index is -0.603. The minimum Gasteiger partial charge on any atom is -0.455 e. The number of ether oxygens (including phenoxy) is 2. The normalized spacial score (nSPS) is 13.2. The van der Waals surface area contributed by atoms with Crippen LogP contribution in [0.25, 0.3) is 0 Å². The van der Waals surface area contributed by atoms with Gasteiger partial charge in [0.2, 0.25) is 0 Å². The first-order valence-corrected chi connectivity index (χ1v) is 6.31. The van der Waals surface area contributed by atoms with E-state index in [9.17, 15) is 9.59 Å². The largest absolute Gasteiger partial charge is 0.455 e. The van der Waals surface area contributed by atoms with Gasteiger partial charge in [0, 0.05) is 13.2 Å². The molecule has 0 atom stereocenters. The second-order valence-electron chi connectivity index (χ2n) is 6.09. The molecule has 20 heavy (non-hydrogen) atoms. The predicted molar refractivity (Wildman–Crippen MR) is 77.7 cm³/mol. The van der Waals surface area contributed by atoms with Crippen molar-refractivity contribution in [3.8, 4) is 0 Å². The van der Waals surface area contributed by atoms with Gasteiger partial charge in [0.25, 0.3) is 0 Å². The topological polar surface area (TPSA) is 77.0 Å². The lowest BCUT2D eigenvalue weighted by Gasteiger charge is -2.19. The second kappa shape index (κ2) is 7.07. The lowest BCUT2D eigenvalue weighted by molar-refractivity contribution is -0.146. The number of rotatable bonds is 3. The predicted octanol–water partition coefficient (Wildman–Crippen LogP) is 2.44. The Bertz CT molecular complexity index is 412. The van der Waals surface area contributed by atoms with Crippen molar-refractivity contribution < 1.29 is 19.1 Å². The van der Waals surface area contributed by atoms with Crippen LogP contribution in [0.3, 0.4) is 0 Å². The van der Waals surface area contributed by atoms with Gasteiger partial charge in [0.15, 0.2) is 0 Å². The van der Waals surface area contributed by atoms with Crippen LogP contribution < -0.4 is 5.32 Å². The number of aliphatic imine (C=N–C) groups is 1. The van der Waals surface area contributed by atoms with E-state index in [2.05, 4.69) is 10.3 Å². The van der Waals surface area contributed by atoms with E-state index in [1.54, 1.807) is 41.5 Å². The van der Waals surface area contributed by atoms with Gasteiger partial charge in [0.05, 0.1) is 0 Å². The Kier molecular flexibility index (Phi) is 6.42. The standard InChI is InChI=1S/C14H24N2O4/c1-13(2,3)19-11(17)10(15-7)8-9-16-12(18)20-14(4,5)6/h8-9H,1-7H3,(H,16,18)/b9-8-,15-10?. The van der Waals surface area contributed by atoms with Gasteiger partial charge in [-0.1, -0.05) is 0 Å². The summed E-state index contributed by atoms with van der Waals surface area (Å²) in [5.74, 6) is -0.553. The summed E-state index contributed by atoms with van der Waals surface area (Å²) >= 11 is 0. The molecule has 1 N–H and O–H groups in total. The molecule has 0 aliphatic carbocycles. The van der Waals surface area contributed by atoms with Crippen LogP contribution in [0.1, 0.15) is 41.5 Å². The molecule has 0 spiro atoms. The number of amides is 1. The Morgan fingerprint density at radius 2 is 1.50 bits per heavy atom. The fraction of sp³-hybridized carbons (Fsp3) is 0.643. The average molecular weight is 284 g/mol. The maximum absolute atomic E-state index is 11.7. The first-order valence-electron chi connectivity index (χ1n) is 6.31. The molecule has 0 aromatic heterocycles. The third-order valence-corrected chi connectivity index (χ3v) is 1.69. The number of hydrogen-bond acceptors (Lipinski definition) is 5. The van der Waals surface area contributed by atoms with Crippen molar-refractivity contribution in [2.45, 2.75) is 52.7 Å². The Morgan fingerprint density at radius 3 is 1.90 bits per heavy atom. The van der Waals surface area contributed by atoms with Gasteiger partial charge in [-0.25, -0.2) is 9.59 Å². The van der Waals surface area contributed by atoms with Crippen LogP contribution in [0, 0.1) is 0 Å². The molecular formula is C14H24N2O4. The summed E-state index contributed by atoms with van der Waals surface area (Å²) in [5.41, 5.74) is -1.07. The van der Waals surface area contributed by atoms with Gasteiger partial charge in [-0.05, 0) is 47.6 Å². The average Bonchev–Trinajstić information content (AvgIpc) is 2.18. The summed E-state index contributed by atoms with van der Waals surface area (Å²) in [5, 5.41) is 2.39.